The van der Waals surface area contributed by atoms with Gasteiger partial charge in [-0.05, 0) is 48.4 Å². The lowest BCUT2D eigenvalue weighted by Crippen LogP contribution is -2.41. The van der Waals surface area contributed by atoms with Gasteiger partial charge in [0.15, 0.2) is 0 Å². The van der Waals surface area contributed by atoms with Crippen molar-refractivity contribution in [2.45, 2.75) is 77.9 Å². The molecule has 9 heteroatoms. The first-order chi connectivity index (χ1) is 14.3. The number of methoxy groups -OCH3 is 2. The van der Waals surface area contributed by atoms with E-state index >= 15 is 0 Å². The fraction of sp³-hybridized carbons (Fsp3) is 0.727. The number of Topliss-reactive ketones (excluding diaryl/α,β-unsaturated/α-hetero) is 1. The summed E-state index contributed by atoms with van der Waals surface area (Å²) in [5, 5.41) is -0.0128. The molecule has 0 aromatic heterocycles. The van der Waals surface area contributed by atoms with Gasteiger partial charge in [-0.15, -0.1) is 0 Å². The average Bonchev–Trinajstić information content (AvgIpc) is 2.66. The largest absolute Gasteiger partial charge is 0.547 e. The van der Waals surface area contributed by atoms with Crippen LogP contribution in [-0.4, -0.2) is 50.8 Å². The second-order valence-corrected chi connectivity index (χ2v) is 14.4. The Labute approximate surface area is 186 Å². The predicted octanol–water partition coefficient (Wildman–Crippen LogP) is 4.06. The van der Waals surface area contributed by atoms with Crippen LogP contribution in [0.5, 0.6) is 0 Å². The summed E-state index contributed by atoms with van der Waals surface area (Å²) in [6.07, 6.45) is 1.98. The van der Waals surface area contributed by atoms with Gasteiger partial charge in [0.2, 0.25) is 8.32 Å². The number of ketones is 1. The fourth-order valence-corrected chi connectivity index (χ4v) is 4.61. The minimum Gasteiger partial charge on any atom is -0.547 e. The van der Waals surface area contributed by atoms with Gasteiger partial charge in [0.05, 0.1) is 20.0 Å². The first-order valence-corrected chi connectivity index (χ1v) is 13.5. The molecule has 0 bridgehead atoms. The highest BCUT2D eigenvalue weighted by Gasteiger charge is 2.42. The van der Waals surface area contributed by atoms with E-state index in [1.165, 1.54) is 7.11 Å². The zero-order valence-electron chi connectivity index (χ0n) is 20.0. The zero-order chi connectivity index (χ0) is 24.0. The standard InChI is InChI=1S/C22H36N2O6Si/c1-14-11-15(13-17(25)20(24-23)21(27)29-6)16(9-10-19(26)28-5)18(12-14)30-31(7,8)22(2,3)4/h14-15H,9-13H2,1-8H3/t14-,15+/m1/s1. The van der Waals surface area contributed by atoms with Crippen LogP contribution in [0.4, 0.5) is 0 Å². The topological polar surface area (TPSA) is 115 Å². The number of ether oxygens (including phenoxy) is 2. The molecule has 1 aliphatic carbocycles. The molecule has 0 spiro atoms. The maximum Gasteiger partial charge on any atom is 0.441 e. The van der Waals surface area contributed by atoms with Gasteiger partial charge >= 0.3 is 17.7 Å². The van der Waals surface area contributed by atoms with E-state index in [1.807, 2.05) is 0 Å². The summed E-state index contributed by atoms with van der Waals surface area (Å²) in [7, 11) is 0.316. The normalized spacial score (nSPS) is 19.4. The molecule has 8 nitrogen and oxygen atoms in total. The van der Waals surface area contributed by atoms with E-state index in [1.54, 1.807) is 0 Å². The predicted molar refractivity (Wildman–Crippen MR) is 119 cm³/mol. The smallest absolute Gasteiger partial charge is 0.441 e. The van der Waals surface area contributed by atoms with Crippen molar-refractivity contribution in [1.29, 1.82) is 0 Å². The Hall–Kier alpha value is -2.25. The second-order valence-electron chi connectivity index (χ2n) is 9.70. The van der Waals surface area contributed by atoms with Crippen molar-refractivity contribution < 1.29 is 33.1 Å². The summed E-state index contributed by atoms with van der Waals surface area (Å²) in [5.41, 5.74) is 9.40. The van der Waals surface area contributed by atoms with Crippen LogP contribution in [0.2, 0.25) is 18.1 Å². The average molecular weight is 453 g/mol. The highest BCUT2D eigenvalue weighted by atomic mass is 28.4. The quantitative estimate of drug-likeness (QED) is 0.130. The van der Waals surface area contributed by atoms with Crippen LogP contribution in [0.1, 0.15) is 59.8 Å². The highest BCUT2D eigenvalue weighted by Crippen LogP contribution is 2.44. The van der Waals surface area contributed by atoms with Crippen LogP contribution in [0.3, 0.4) is 0 Å². The summed E-state index contributed by atoms with van der Waals surface area (Å²) in [6.45, 7) is 12.9. The lowest BCUT2D eigenvalue weighted by Gasteiger charge is -2.41. The van der Waals surface area contributed by atoms with E-state index in [0.717, 1.165) is 24.9 Å². The van der Waals surface area contributed by atoms with Gasteiger partial charge in [0, 0.05) is 19.3 Å². The molecule has 0 aliphatic heterocycles. The first-order valence-electron chi connectivity index (χ1n) is 10.6. The van der Waals surface area contributed by atoms with Gasteiger partial charge in [-0.3, -0.25) is 9.59 Å². The molecule has 31 heavy (non-hydrogen) atoms. The first kappa shape index (κ1) is 26.8. The number of carbonyl (C=O) groups excluding carboxylic acids is 3. The van der Waals surface area contributed by atoms with Crippen molar-refractivity contribution in [2.24, 2.45) is 11.8 Å². The van der Waals surface area contributed by atoms with Crippen molar-refractivity contribution in [1.82, 2.24) is 0 Å². The van der Waals surface area contributed by atoms with Gasteiger partial charge in [0.1, 0.15) is 0 Å². The molecule has 174 valence electrons. The van der Waals surface area contributed by atoms with Gasteiger partial charge in [-0.2, -0.15) is 4.79 Å². The van der Waals surface area contributed by atoms with Crippen molar-refractivity contribution in [3.05, 3.63) is 16.9 Å². The van der Waals surface area contributed by atoms with Crippen molar-refractivity contribution >= 4 is 31.8 Å². The number of hydrogen-bond acceptors (Lipinski definition) is 6. The Kier molecular flexibility index (Phi) is 9.38. The summed E-state index contributed by atoms with van der Waals surface area (Å²) in [5.74, 6) is -1.05. The molecule has 0 fully saturated rings. The summed E-state index contributed by atoms with van der Waals surface area (Å²) < 4.78 is 16.0. The molecule has 0 saturated heterocycles. The van der Waals surface area contributed by atoms with Crippen LogP contribution in [-0.2, 0) is 28.3 Å². The van der Waals surface area contributed by atoms with Crippen LogP contribution < -0.4 is 0 Å². The molecule has 0 heterocycles. The Morgan fingerprint density at radius 2 is 1.77 bits per heavy atom. The van der Waals surface area contributed by atoms with E-state index < -0.39 is 25.8 Å². The maximum absolute atomic E-state index is 12.7. The van der Waals surface area contributed by atoms with E-state index in [2.05, 4.69) is 50.3 Å². The van der Waals surface area contributed by atoms with E-state index in [0.29, 0.717) is 12.8 Å². The lowest BCUT2D eigenvalue weighted by molar-refractivity contribution is -0.141. The fourth-order valence-electron chi connectivity index (χ4n) is 3.47. The summed E-state index contributed by atoms with van der Waals surface area (Å²) in [6, 6.07) is 0. The monoisotopic (exact) mass is 452 g/mol. The number of nitrogens with zero attached hydrogens (tertiary/aromatic N) is 2. The van der Waals surface area contributed by atoms with Gasteiger partial charge < -0.3 is 19.4 Å². The molecule has 0 unspecified atom stereocenters. The van der Waals surface area contributed by atoms with Crippen molar-refractivity contribution in [3.63, 3.8) is 0 Å². The summed E-state index contributed by atoms with van der Waals surface area (Å²) >= 11 is 0. The van der Waals surface area contributed by atoms with Gasteiger partial charge in [-0.1, -0.05) is 27.7 Å². The van der Waals surface area contributed by atoms with Gasteiger partial charge in [0.25, 0.3) is 5.78 Å². The van der Waals surface area contributed by atoms with Crippen LogP contribution in [0.15, 0.2) is 11.3 Å². The number of allylic oxidation sites excluding steroid dienone is 2. The van der Waals surface area contributed by atoms with Crippen molar-refractivity contribution in [2.75, 3.05) is 14.2 Å². The molecule has 0 saturated carbocycles. The molecule has 2 atom stereocenters. The van der Waals surface area contributed by atoms with Crippen molar-refractivity contribution in [3.8, 4) is 0 Å². The minimum atomic E-state index is -2.15. The number of esters is 2. The molecule has 0 amide bonds. The van der Waals surface area contributed by atoms with Crippen LogP contribution >= 0.6 is 0 Å². The van der Waals surface area contributed by atoms with E-state index in [-0.39, 0.29) is 35.7 Å². The van der Waals surface area contributed by atoms with E-state index in [4.69, 9.17) is 14.7 Å². The Balaban J connectivity index is 3.35. The molecule has 0 aromatic rings. The van der Waals surface area contributed by atoms with E-state index in [9.17, 15) is 14.4 Å². The van der Waals surface area contributed by atoms with Crippen LogP contribution in [0, 0.1) is 11.8 Å². The summed E-state index contributed by atoms with van der Waals surface area (Å²) in [4.78, 5) is 39.1. The number of carbonyl (C=O) groups is 3. The number of rotatable bonds is 9. The molecule has 1 rings (SSSR count). The minimum absolute atomic E-state index is 0.0128. The SMILES string of the molecule is COC(=O)CCC1=C(O[Si](C)(C)C(C)(C)C)C[C@H](C)C[C@H]1CC(=O)C(=[N+]=[N-])C(=O)OC. The van der Waals surface area contributed by atoms with Gasteiger partial charge in [-0.25, -0.2) is 4.79 Å². The molecule has 0 N–H and O–H groups in total. The molecular weight excluding hydrogens is 416 g/mol. The molecule has 0 radical (unpaired) electrons. The number of hydrogen-bond donors (Lipinski definition) is 0. The Bertz CT molecular complexity index is 790. The zero-order valence-corrected chi connectivity index (χ0v) is 21.0. The second kappa shape index (κ2) is 10.9. The highest BCUT2D eigenvalue weighted by molar-refractivity contribution is 6.74. The maximum atomic E-state index is 12.7. The third-order valence-electron chi connectivity index (χ3n) is 6.26. The van der Waals surface area contributed by atoms with Crippen LogP contribution in [0.25, 0.3) is 5.53 Å². The Morgan fingerprint density at radius 3 is 2.26 bits per heavy atom. The lowest BCUT2D eigenvalue weighted by atomic mass is 9.76. The third kappa shape index (κ3) is 7.14. The molecular formula is C22H36N2O6Si. The molecule has 1 aliphatic rings. The third-order valence-corrected chi connectivity index (χ3v) is 10.6. The Morgan fingerprint density at radius 1 is 1.16 bits per heavy atom. The molecule has 0 aromatic carbocycles.